The number of rotatable bonds is 3. The van der Waals surface area contributed by atoms with Crippen LogP contribution in [0.2, 0.25) is 0 Å². The molecule has 0 unspecified atom stereocenters. The van der Waals surface area contributed by atoms with Gasteiger partial charge in [-0.25, -0.2) is 9.78 Å². The van der Waals surface area contributed by atoms with Crippen LogP contribution >= 0.6 is 31.9 Å². The number of ether oxygens (including phenoxy) is 1. The monoisotopic (exact) mass is 385 g/mol. The van der Waals surface area contributed by atoms with Gasteiger partial charge in [0.15, 0.2) is 0 Å². The topological polar surface area (TPSA) is 59.4 Å². The Bertz CT molecular complexity index is 644. The number of carboxylic acid groups (broad SMARTS) is 1. The van der Waals surface area contributed by atoms with E-state index in [4.69, 9.17) is 9.84 Å². The van der Waals surface area contributed by atoms with Gasteiger partial charge in [-0.3, -0.25) is 0 Å². The average molecular weight is 387 g/mol. The third-order valence-corrected chi connectivity index (χ3v) is 3.40. The van der Waals surface area contributed by atoms with Crippen molar-refractivity contribution in [1.29, 1.82) is 0 Å². The molecular weight excluding hydrogens is 378 g/mol. The molecule has 0 radical (unpaired) electrons. The first-order valence-electron chi connectivity index (χ1n) is 5.30. The summed E-state index contributed by atoms with van der Waals surface area (Å²) in [6, 6.07) is 8.31. The van der Waals surface area contributed by atoms with Crippen molar-refractivity contribution in [2.45, 2.75) is 6.92 Å². The van der Waals surface area contributed by atoms with Crippen molar-refractivity contribution in [3.8, 4) is 11.6 Å². The molecule has 0 saturated carbocycles. The van der Waals surface area contributed by atoms with Gasteiger partial charge in [-0.1, -0.05) is 15.9 Å². The van der Waals surface area contributed by atoms with E-state index in [1.165, 1.54) is 12.1 Å². The molecule has 0 aliphatic heterocycles. The molecular formula is C13H9Br2NO3. The van der Waals surface area contributed by atoms with Crippen molar-refractivity contribution in [2.75, 3.05) is 0 Å². The predicted molar refractivity (Wildman–Crippen MR) is 77.8 cm³/mol. The highest BCUT2D eigenvalue weighted by Gasteiger charge is 2.10. The van der Waals surface area contributed by atoms with Gasteiger partial charge in [0.1, 0.15) is 5.75 Å². The first-order chi connectivity index (χ1) is 8.95. The molecule has 0 aliphatic rings. The van der Waals surface area contributed by atoms with Gasteiger partial charge in [-0.15, -0.1) is 0 Å². The highest BCUT2D eigenvalue weighted by Crippen LogP contribution is 2.31. The number of carboxylic acids is 1. The summed E-state index contributed by atoms with van der Waals surface area (Å²) >= 11 is 6.72. The Morgan fingerprint density at radius 2 is 2.00 bits per heavy atom. The largest absolute Gasteiger partial charge is 0.478 e. The fourth-order valence-corrected chi connectivity index (χ4v) is 2.61. The van der Waals surface area contributed by atoms with E-state index in [0.29, 0.717) is 11.4 Å². The second-order valence-corrected chi connectivity index (χ2v) is 5.59. The highest BCUT2D eigenvalue weighted by atomic mass is 79.9. The van der Waals surface area contributed by atoms with Crippen LogP contribution in [-0.2, 0) is 0 Å². The number of nitrogens with zero attached hydrogens (tertiary/aromatic N) is 1. The van der Waals surface area contributed by atoms with Gasteiger partial charge >= 0.3 is 5.97 Å². The molecule has 4 nitrogen and oxygen atoms in total. The first-order valence-corrected chi connectivity index (χ1v) is 6.89. The van der Waals surface area contributed by atoms with Crippen molar-refractivity contribution in [2.24, 2.45) is 0 Å². The number of pyridine rings is 1. The van der Waals surface area contributed by atoms with E-state index in [0.717, 1.165) is 8.95 Å². The molecule has 6 heteroatoms. The first kappa shape index (κ1) is 14.0. The summed E-state index contributed by atoms with van der Waals surface area (Å²) in [6.07, 6.45) is 0. The lowest BCUT2D eigenvalue weighted by atomic mass is 10.2. The SMILES string of the molecule is Cc1cc(C(=O)O)cc(Oc2ccc(Br)cc2Br)n1. The smallest absolute Gasteiger partial charge is 0.335 e. The van der Waals surface area contributed by atoms with Crippen LogP contribution in [0.3, 0.4) is 0 Å². The van der Waals surface area contributed by atoms with Gasteiger partial charge < -0.3 is 9.84 Å². The molecule has 98 valence electrons. The van der Waals surface area contributed by atoms with Crippen LogP contribution in [0.4, 0.5) is 0 Å². The van der Waals surface area contributed by atoms with Crippen LogP contribution < -0.4 is 4.74 Å². The second-order valence-electron chi connectivity index (χ2n) is 3.82. The summed E-state index contributed by atoms with van der Waals surface area (Å²) in [6.45, 7) is 1.72. The van der Waals surface area contributed by atoms with E-state index in [-0.39, 0.29) is 11.4 Å². The van der Waals surface area contributed by atoms with Crippen molar-refractivity contribution in [3.05, 3.63) is 50.5 Å². The Kier molecular flexibility index (Phi) is 4.21. The maximum Gasteiger partial charge on any atom is 0.335 e. The van der Waals surface area contributed by atoms with Crippen molar-refractivity contribution in [3.63, 3.8) is 0 Å². The highest BCUT2D eigenvalue weighted by molar-refractivity contribution is 9.11. The summed E-state index contributed by atoms with van der Waals surface area (Å²) in [5.74, 6) is -0.191. The van der Waals surface area contributed by atoms with Gasteiger partial charge in [0.25, 0.3) is 0 Å². The zero-order valence-corrected chi connectivity index (χ0v) is 13.0. The molecule has 1 N–H and O–H groups in total. The van der Waals surface area contributed by atoms with Gasteiger partial charge in [-0.2, -0.15) is 0 Å². The molecule has 2 aromatic rings. The minimum atomic E-state index is -1.01. The van der Waals surface area contributed by atoms with Crippen LogP contribution in [0.25, 0.3) is 0 Å². The summed E-state index contributed by atoms with van der Waals surface area (Å²) in [5, 5.41) is 8.99. The minimum Gasteiger partial charge on any atom is -0.478 e. The number of aryl methyl sites for hydroxylation is 1. The van der Waals surface area contributed by atoms with E-state index in [9.17, 15) is 4.79 Å². The zero-order chi connectivity index (χ0) is 14.0. The molecule has 0 spiro atoms. The van der Waals surface area contributed by atoms with Crippen molar-refractivity contribution < 1.29 is 14.6 Å². The normalized spacial score (nSPS) is 10.3. The molecule has 0 aliphatic carbocycles. The summed E-state index contributed by atoms with van der Waals surface area (Å²) in [4.78, 5) is 15.1. The Labute approximate surface area is 126 Å². The van der Waals surface area contributed by atoms with Gasteiger partial charge in [0.05, 0.1) is 10.0 Å². The number of aromatic carboxylic acids is 1. The molecule has 0 saturated heterocycles. The number of benzene rings is 1. The number of hydrogen-bond donors (Lipinski definition) is 1. The minimum absolute atomic E-state index is 0.149. The van der Waals surface area contributed by atoms with E-state index in [1.54, 1.807) is 13.0 Å². The molecule has 1 aromatic heterocycles. The van der Waals surface area contributed by atoms with Crippen LogP contribution in [0.1, 0.15) is 16.1 Å². The van der Waals surface area contributed by atoms with Gasteiger partial charge in [-0.05, 0) is 47.1 Å². The van der Waals surface area contributed by atoms with Crippen LogP contribution in [-0.4, -0.2) is 16.1 Å². The molecule has 0 fully saturated rings. The number of carbonyl (C=O) groups is 1. The van der Waals surface area contributed by atoms with E-state index < -0.39 is 5.97 Å². The Morgan fingerprint density at radius 3 is 2.63 bits per heavy atom. The Balaban J connectivity index is 2.35. The lowest BCUT2D eigenvalue weighted by molar-refractivity contribution is 0.0696. The predicted octanol–water partition coefficient (Wildman–Crippen LogP) is 4.41. The maximum atomic E-state index is 11.0. The number of aromatic nitrogens is 1. The lowest BCUT2D eigenvalue weighted by Crippen LogP contribution is -2.00. The fraction of sp³-hybridized carbons (Fsp3) is 0.0769. The molecule has 1 aromatic carbocycles. The molecule has 19 heavy (non-hydrogen) atoms. The number of halogens is 2. The van der Waals surface area contributed by atoms with E-state index in [2.05, 4.69) is 36.8 Å². The quantitative estimate of drug-likeness (QED) is 0.848. The number of hydrogen-bond acceptors (Lipinski definition) is 3. The average Bonchev–Trinajstić information content (AvgIpc) is 2.32. The molecule has 0 atom stereocenters. The van der Waals surface area contributed by atoms with E-state index >= 15 is 0 Å². The molecule has 2 rings (SSSR count). The fourth-order valence-electron chi connectivity index (χ4n) is 1.48. The summed E-state index contributed by atoms with van der Waals surface area (Å²) < 4.78 is 7.26. The van der Waals surface area contributed by atoms with Crippen LogP contribution in [0, 0.1) is 6.92 Å². The van der Waals surface area contributed by atoms with Crippen molar-refractivity contribution >= 4 is 37.8 Å². The third kappa shape index (κ3) is 3.54. The Morgan fingerprint density at radius 1 is 1.26 bits per heavy atom. The standard InChI is InChI=1S/C13H9Br2NO3/c1-7-4-8(13(17)18)5-12(16-7)19-11-3-2-9(14)6-10(11)15/h2-6H,1H3,(H,17,18). The molecule has 0 bridgehead atoms. The van der Waals surface area contributed by atoms with E-state index in [1.807, 2.05) is 12.1 Å². The van der Waals surface area contributed by atoms with Gasteiger partial charge in [0, 0.05) is 16.2 Å². The summed E-state index contributed by atoms with van der Waals surface area (Å²) in [7, 11) is 0. The Hall–Kier alpha value is -1.40. The molecule has 1 heterocycles. The van der Waals surface area contributed by atoms with Crippen LogP contribution in [0.5, 0.6) is 11.6 Å². The van der Waals surface area contributed by atoms with Crippen molar-refractivity contribution in [1.82, 2.24) is 4.98 Å². The third-order valence-electron chi connectivity index (χ3n) is 2.29. The second kappa shape index (κ2) is 5.71. The van der Waals surface area contributed by atoms with Gasteiger partial charge in [0.2, 0.25) is 5.88 Å². The zero-order valence-electron chi connectivity index (χ0n) is 9.85. The van der Waals surface area contributed by atoms with Crippen LogP contribution in [0.15, 0.2) is 39.3 Å². The molecule has 0 amide bonds. The lowest BCUT2D eigenvalue weighted by Gasteiger charge is -2.08. The maximum absolute atomic E-state index is 11.0. The summed E-state index contributed by atoms with van der Waals surface area (Å²) in [5.41, 5.74) is 0.735.